The van der Waals surface area contributed by atoms with Gasteiger partial charge in [0.25, 0.3) is 5.56 Å². The molecule has 1 aromatic carbocycles. The van der Waals surface area contributed by atoms with Crippen molar-refractivity contribution >= 4 is 11.6 Å². The van der Waals surface area contributed by atoms with Crippen molar-refractivity contribution in [1.29, 1.82) is 5.26 Å². The minimum Gasteiger partial charge on any atom is -0.324 e. The Labute approximate surface area is 120 Å². The van der Waals surface area contributed by atoms with Crippen LogP contribution in [-0.4, -0.2) is 10.5 Å². The summed E-state index contributed by atoms with van der Waals surface area (Å²) < 4.78 is 14.2. The number of nitrogens with zero attached hydrogens (tertiary/aromatic N) is 2. The lowest BCUT2D eigenvalue weighted by molar-refractivity contribution is -0.116. The molecule has 0 atom stereocenters. The second-order valence-corrected chi connectivity index (χ2v) is 4.45. The standard InChI is InChI=1S/C15H12FN3O2/c1-10-5-6-11(8-17)15(21)19(10)9-14(20)18-13-4-2-3-12(16)7-13/h2-7H,9H2,1H3,(H,18,20). The number of rotatable bonds is 3. The fraction of sp³-hybridized carbons (Fsp3) is 0.133. The van der Waals surface area contributed by atoms with Crippen molar-refractivity contribution in [3.05, 3.63) is 63.8 Å². The van der Waals surface area contributed by atoms with Gasteiger partial charge in [-0.2, -0.15) is 5.26 Å². The summed E-state index contributed by atoms with van der Waals surface area (Å²) in [5, 5.41) is 11.3. The molecule has 0 radical (unpaired) electrons. The van der Waals surface area contributed by atoms with E-state index in [1.165, 1.54) is 28.8 Å². The molecule has 2 rings (SSSR count). The quantitative estimate of drug-likeness (QED) is 0.934. The fourth-order valence-electron chi connectivity index (χ4n) is 1.86. The summed E-state index contributed by atoms with van der Waals surface area (Å²) in [6.07, 6.45) is 0. The highest BCUT2D eigenvalue weighted by Gasteiger charge is 2.10. The fourth-order valence-corrected chi connectivity index (χ4v) is 1.86. The minimum absolute atomic E-state index is 0.0286. The number of halogens is 1. The first-order valence-corrected chi connectivity index (χ1v) is 6.17. The van der Waals surface area contributed by atoms with Crippen LogP contribution in [0.4, 0.5) is 10.1 Å². The predicted octanol–water partition coefficient (Wildman–Crippen LogP) is 1.81. The maximum atomic E-state index is 13.0. The van der Waals surface area contributed by atoms with E-state index in [1.54, 1.807) is 25.1 Å². The van der Waals surface area contributed by atoms with Gasteiger partial charge in [0.15, 0.2) is 0 Å². The molecule has 0 aliphatic rings. The molecule has 5 nitrogen and oxygen atoms in total. The van der Waals surface area contributed by atoms with Gasteiger partial charge in [0.2, 0.25) is 5.91 Å². The molecular formula is C15H12FN3O2. The molecular weight excluding hydrogens is 273 g/mol. The molecule has 0 aliphatic carbocycles. The highest BCUT2D eigenvalue weighted by atomic mass is 19.1. The Hall–Kier alpha value is -2.94. The molecule has 0 aliphatic heterocycles. The average Bonchev–Trinajstić information content (AvgIpc) is 2.43. The monoisotopic (exact) mass is 285 g/mol. The molecule has 106 valence electrons. The van der Waals surface area contributed by atoms with E-state index in [0.717, 1.165) is 0 Å². The van der Waals surface area contributed by atoms with E-state index in [-0.39, 0.29) is 12.1 Å². The van der Waals surface area contributed by atoms with Crippen LogP contribution < -0.4 is 10.9 Å². The Balaban J connectivity index is 2.21. The van der Waals surface area contributed by atoms with Crippen molar-refractivity contribution in [1.82, 2.24) is 4.57 Å². The molecule has 21 heavy (non-hydrogen) atoms. The second-order valence-electron chi connectivity index (χ2n) is 4.45. The van der Waals surface area contributed by atoms with E-state index >= 15 is 0 Å². The van der Waals surface area contributed by atoms with E-state index in [9.17, 15) is 14.0 Å². The number of carbonyl (C=O) groups excluding carboxylic acids is 1. The van der Waals surface area contributed by atoms with E-state index < -0.39 is 17.3 Å². The summed E-state index contributed by atoms with van der Waals surface area (Å²) in [4.78, 5) is 23.9. The highest BCUT2D eigenvalue weighted by molar-refractivity contribution is 5.90. The molecule has 1 amide bonds. The molecule has 0 spiro atoms. The third-order valence-corrected chi connectivity index (χ3v) is 2.92. The second kappa shape index (κ2) is 6.01. The molecule has 1 heterocycles. The largest absolute Gasteiger partial charge is 0.324 e. The molecule has 2 aromatic rings. The molecule has 0 bridgehead atoms. The Morgan fingerprint density at radius 3 is 2.81 bits per heavy atom. The van der Waals surface area contributed by atoms with Gasteiger partial charge in [0.05, 0.1) is 0 Å². The third-order valence-electron chi connectivity index (χ3n) is 2.92. The molecule has 0 saturated carbocycles. The van der Waals surface area contributed by atoms with Gasteiger partial charge in [-0.05, 0) is 37.3 Å². The topological polar surface area (TPSA) is 74.9 Å². The lowest BCUT2D eigenvalue weighted by Crippen LogP contribution is -2.30. The Bertz CT molecular complexity index is 790. The summed E-state index contributed by atoms with van der Waals surface area (Å²) in [5.74, 6) is -0.937. The number of anilines is 1. The Kier molecular flexibility index (Phi) is 4.14. The highest BCUT2D eigenvalue weighted by Crippen LogP contribution is 2.09. The lowest BCUT2D eigenvalue weighted by Gasteiger charge is -2.10. The van der Waals surface area contributed by atoms with E-state index in [0.29, 0.717) is 11.4 Å². The predicted molar refractivity (Wildman–Crippen MR) is 75.2 cm³/mol. The van der Waals surface area contributed by atoms with Gasteiger partial charge in [-0.1, -0.05) is 6.07 Å². The number of aromatic nitrogens is 1. The van der Waals surface area contributed by atoms with E-state index in [4.69, 9.17) is 5.26 Å². The van der Waals surface area contributed by atoms with Crippen molar-refractivity contribution < 1.29 is 9.18 Å². The first-order chi connectivity index (χ1) is 10.0. The van der Waals surface area contributed by atoms with Crippen LogP contribution in [0.15, 0.2) is 41.2 Å². The normalized spacial score (nSPS) is 9.95. The summed E-state index contributed by atoms with van der Waals surface area (Å²) in [7, 11) is 0. The van der Waals surface area contributed by atoms with Gasteiger partial charge >= 0.3 is 0 Å². The first-order valence-electron chi connectivity index (χ1n) is 6.17. The summed E-state index contributed by atoms with van der Waals surface area (Å²) in [5.41, 5.74) is 0.321. The zero-order valence-corrected chi connectivity index (χ0v) is 11.3. The van der Waals surface area contributed by atoms with Crippen molar-refractivity contribution in [2.75, 3.05) is 5.32 Å². The van der Waals surface area contributed by atoms with E-state index in [2.05, 4.69) is 5.32 Å². The molecule has 0 saturated heterocycles. The summed E-state index contributed by atoms with van der Waals surface area (Å²) >= 11 is 0. The SMILES string of the molecule is Cc1ccc(C#N)c(=O)n1CC(=O)Nc1cccc(F)c1. The van der Waals surface area contributed by atoms with Gasteiger partial charge in [0.1, 0.15) is 24.0 Å². The van der Waals surface area contributed by atoms with Crippen LogP contribution in [0.5, 0.6) is 0 Å². The van der Waals surface area contributed by atoms with Gasteiger partial charge in [-0.25, -0.2) is 4.39 Å². The number of hydrogen-bond donors (Lipinski definition) is 1. The van der Waals surface area contributed by atoms with Crippen molar-refractivity contribution in [3.8, 4) is 6.07 Å². The van der Waals surface area contributed by atoms with Crippen LogP contribution in [0.25, 0.3) is 0 Å². The van der Waals surface area contributed by atoms with Gasteiger partial charge in [0, 0.05) is 11.4 Å². The third kappa shape index (κ3) is 3.34. The van der Waals surface area contributed by atoms with Crippen molar-refractivity contribution in [2.45, 2.75) is 13.5 Å². The van der Waals surface area contributed by atoms with Crippen LogP contribution in [0.3, 0.4) is 0 Å². The number of nitrogens with one attached hydrogen (secondary N) is 1. The van der Waals surface area contributed by atoms with Crippen LogP contribution in [-0.2, 0) is 11.3 Å². The molecule has 0 unspecified atom stereocenters. The lowest BCUT2D eigenvalue weighted by atomic mass is 10.2. The summed E-state index contributed by atoms with van der Waals surface area (Å²) in [6.45, 7) is 1.43. The van der Waals surface area contributed by atoms with Crippen LogP contribution in [0.2, 0.25) is 0 Å². The van der Waals surface area contributed by atoms with Crippen LogP contribution in [0, 0.1) is 24.1 Å². The Morgan fingerprint density at radius 2 is 2.14 bits per heavy atom. The van der Waals surface area contributed by atoms with Gasteiger partial charge < -0.3 is 9.88 Å². The number of hydrogen-bond acceptors (Lipinski definition) is 3. The number of benzene rings is 1. The number of aryl methyl sites for hydroxylation is 1. The minimum atomic E-state index is -0.521. The van der Waals surface area contributed by atoms with Crippen LogP contribution >= 0.6 is 0 Å². The molecule has 6 heteroatoms. The maximum absolute atomic E-state index is 13.0. The zero-order chi connectivity index (χ0) is 15.4. The number of nitriles is 1. The smallest absolute Gasteiger partial charge is 0.269 e. The van der Waals surface area contributed by atoms with E-state index in [1.807, 2.05) is 0 Å². The number of carbonyl (C=O) groups is 1. The van der Waals surface area contributed by atoms with Gasteiger partial charge in [-0.3, -0.25) is 9.59 Å². The zero-order valence-electron chi connectivity index (χ0n) is 11.3. The number of pyridine rings is 1. The average molecular weight is 285 g/mol. The summed E-state index contributed by atoms with van der Waals surface area (Å²) in [6, 6.07) is 10.2. The maximum Gasteiger partial charge on any atom is 0.269 e. The number of amides is 1. The molecule has 1 aromatic heterocycles. The van der Waals surface area contributed by atoms with Gasteiger partial charge in [-0.15, -0.1) is 0 Å². The molecule has 0 fully saturated rings. The van der Waals surface area contributed by atoms with Crippen molar-refractivity contribution in [3.63, 3.8) is 0 Å². The molecule has 1 N–H and O–H groups in total. The Morgan fingerprint density at radius 1 is 1.38 bits per heavy atom. The first kappa shape index (κ1) is 14.5. The van der Waals surface area contributed by atoms with Crippen molar-refractivity contribution in [2.24, 2.45) is 0 Å². The van der Waals surface area contributed by atoms with Crippen LogP contribution in [0.1, 0.15) is 11.3 Å².